The van der Waals surface area contributed by atoms with E-state index in [1.165, 1.54) is 12.1 Å². The van der Waals surface area contributed by atoms with Gasteiger partial charge in [-0.1, -0.05) is 0 Å². The van der Waals surface area contributed by atoms with Crippen molar-refractivity contribution in [1.29, 1.82) is 5.26 Å². The molecule has 0 aliphatic heterocycles. The minimum Gasteiger partial charge on any atom is -0.481 e. The fraction of sp³-hybridized carbons (Fsp3) is 0.273. The maximum atomic E-state index is 12.2. The Morgan fingerprint density at radius 2 is 2.24 bits per heavy atom. The Bertz CT molecular complexity index is 480. The predicted molar refractivity (Wildman–Crippen MR) is 53.9 cm³/mol. The zero-order chi connectivity index (χ0) is 13.0. The molecule has 1 N–H and O–H groups in total. The van der Waals surface area contributed by atoms with Gasteiger partial charge in [0.2, 0.25) is 0 Å². The fourth-order valence-electron chi connectivity index (χ4n) is 1.42. The molecule has 0 radical (unpaired) electrons. The van der Waals surface area contributed by atoms with E-state index in [4.69, 9.17) is 10.4 Å². The molecule has 0 spiro atoms. The van der Waals surface area contributed by atoms with Crippen LogP contribution in [0.4, 0.5) is 8.78 Å². The molecular weight excluding hydrogens is 232 g/mol. The van der Waals surface area contributed by atoms with Crippen molar-refractivity contribution < 1.29 is 23.4 Å². The molecule has 4 nitrogen and oxygen atoms in total. The van der Waals surface area contributed by atoms with Crippen LogP contribution in [0.2, 0.25) is 0 Å². The van der Waals surface area contributed by atoms with Crippen LogP contribution in [0, 0.1) is 18.3 Å². The van der Waals surface area contributed by atoms with Gasteiger partial charge in [-0.15, -0.1) is 0 Å². The van der Waals surface area contributed by atoms with Crippen LogP contribution < -0.4 is 4.74 Å². The number of aliphatic carboxylic acids is 1. The first-order valence-corrected chi connectivity index (χ1v) is 4.64. The summed E-state index contributed by atoms with van der Waals surface area (Å²) in [5, 5.41) is 17.5. The Morgan fingerprint density at radius 3 is 2.71 bits per heavy atom. The van der Waals surface area contributed by atoms with Gasteiger partial charge >= 0.3 is 12.6 Å². The van der Waals surface area contributed by atoms with Crippen molar-refractivity contribution in [2.45, 2.75) is 20.0 Å². The van der Waals surface area contributed by atoms with Gasteiger partial charge in [-0.2, -0.15) is 14.0 Å². The summed E-state index contributed by atoms with van der Waals surface area (Å²) in [6.07, 6.45) is -0.536. The number of nitrogens with zero attached hydrogens (tertiary/aromatic N) is 1. The number of carbonyl (C=O) groups is 1. The molecule has 0 aliphatic rings. The summed E-state index contributed by atoms with van der Waals surface area (Å²) in [6.45, 7) is -1.46. The summed E-state index contributed by atoms with van der Waals surface area (Å²) in [6, 6.07) is 4.48. The van der Waals surface area contributed by atoms with E-state index in [0.29, 0.717) is 5.56 Å². The molecule has 90 valence electrons. The van der Waals surface area contributed by atoms with E-state index in [1.807, 2.05) is 0 Å². The molecule has 1 aromatic carbocycles. The van der Waals surface area contributed by atoms with E-state index >= 15 is 0 Å². The van der Waals surface area contributed by atoms with Crippen molar-refractivity contribution in [2.24, 2.45) is 0 Å². The second-order valence-electron chi connectivity index (χ2n) is 3.35. The lowest BCUT2D eigenvalue weighted by Gasteiger charge is -2.11. The zero-order valence-corrected chi connectivity index (χ0v) is 8.91. The van der Waals surface area contributed by atoms with E-state index in [0.717, 1.165) is 0 Å². The molecule has 0 heterocycles. The van der Waals surface area contributed by atoms with Gasteiger partial charge in [-0.05, 0) is 24.6 Å². The molecule has 0 atom stereocenters. The van der Waals surface area contributed by atoms with Crippen LogP contribution >= 0.6 is 0 Å². The lowest BCUT2D eigenvalue weighted by atomic mass is 10.0. The van der Waals surface area contributed by atoms with Gasteiger partial charge < -0.3 is 9.84 Å². The minimum atomic E-state index is -3.06. The summed E-state index contributed by atoms with van der Waals surface area (Å²) in [4.78, 5) is 10.6. The lowest BCUT2D eigenvalue weighted by Crippen LogP contribution is -2.09. The maximum Gasteiger partial charge on any atom is 0.387 e. The number of nitriles is 1. The third kappa shape index (κ3) is 3.41. The molecule has 0 saturated heterocycles. The van der Waals surface area contributed by atoms with Crippen molar-refractivity contribution in [3.63, 3.8) is 0 Å². The number of benzene rings is 1. The highest BCUT2D eigenvalue weighted by Gasteiger charge is 2.17. The quantitative estimate of drug-likeness (QED) is 0.876. The molecule has 17 heavy (non-hydrogen) atoms. The number of carboxylic acid groups (broad SMARTS) is 1. The molecular formula is C11H9F2NO3. The van der Waals surface area contributed by atoms with Crippen LogP contribution in [0.5, 0.6) is 5.75 Å². The van der Waals surface area contributed by atoms with E-state index in [9.17, 15) is 13.6 Å². The van der Waals surface area contributed by atoms with Gasteiger partial charge in [0.15, 0.2) is 0 Å². The Kier molecular flexibility index (Phi) is 3.99. The zero-order valence-electron chi connectivity index (χ0n) is 8.91. The molecule has 0 aromatic heterocycles. The third-order valence-electron chi connectivity index (χ3n) is 2.02. The highest BCUT2D eigenvalue weighted by Crippen LogP contribution is 2.26. The van der Waals surface area contributed by atoms with Gasteiger partial charge in [0.05, 0.1) is 18.1 Å². The SMILES string of the molecule is Cc1cc(C#N)c(CC(=O)O)c(OC(F)F)c1. The summed E-state index contributed by atoms with van der Waals surface area (Å²) in [5.74, 6) is -1.48. The first-order valence-electron chi connectivity index (χ1n) is 4.64. The Labute approximate surface area is 96.0 Å². The second-order valence-corrected chi connectivity index (χ2v) is 3.35. The van der Waals surface area contributed by atoms with Crippen molar-refractivity contribution in [3.8, 4) is 11.8 Å². The summed E-state index contributed by atoms with van der Waals surface area (Å²) in [5.41, 5.74) is 0.542. The Hall–Kier alpha value is -2.16. The lowest BCUT2D eigenvalue weighted by molar-refractivity contribution is -0.136. The highest BCUT2D eigenvalue weighted by atomic mass is 19.3. The van der Waals surface area contributed by atoms with Crippen LogP contribution in [-0.2, 0) is 11.2 Å². The monoisotopic (exact) mass is 241 g/mol. The van der Waals surface area contributed by atoms with Crippen LogP contribution in [0.1, 0.15) is 16.7 Å². The molecule has 0 amide bonds. The van der Waals surface area contributed by atoms with Crippen LogP contribution in [0.25, 0.3) is 0 Å². The Morgan fingerprint density at radius 1 is 1.59 bits per heavy atom. The standard InChI is InChI=1S/C11H9F2NO3/c1-6-2-7(5-14)8(4-10(15)16)9(3-6)17-11(12)13/h2-3,11H,4H2,1H3,(H,15,16). The maximum absolute atomic E-state index is 12.2. The van der Waals surface area contributed by atoms with Gasteiger partial charge in [0, 0.05) is 5.56 Å². The molecule has 0 fully saturated rings. The van der Waals surface area contributed by atoms with Crippen LogP contribution in [0.3, 0.4) is 0 Å². The minimum absolute atomic E-state index is 0.0306. The average Bonchev–Trinajstić information content (AvgIpc) is 2.20. The van der Waals surface area contributed by atoms with Crippen LogP contribution in [-0.4, -0.2) is 17.7 Å². The topological polar surface area (TPSA) is 70.3 Å². The number of carboxylic acids is 1. The van der Waals surface area contributed by atoms with E-state index < -0.39 is 19.0 Å². The number of halogens is 2. The molecule has 0 aliphatic carbocycles. The van der Waals surface area contributed by atoms with Crippen molar-refractivity contribution in [2.75, 3.05) is 0 Å². The first kappa shape index (κ1) is 12.9. The van der Waals surface area contributed by atoms with Gasteiger partial charge in [-0.25, -0.2) is 0 Å². The average molecular weight is 241 g/mol. The number of ether oxygens (including phenoxy) is 1. The van der Waals surface area contributed by atoms with Gasteiger partial charge in [0.1, 0.15) is 5.75 Å². The normalized spacial score (nSPS) is 10.1. The number of hydrogen-bond donors (Lipinski definition) is 1. The number of alkyl halides is 2. The molecule has 1 aromatic rings. The predicted octanol–water partition coefficient (Wildman–Crippen LogP) is 2.10. The second kappa shape index (κ2) is 5.25. The first-order chi connectivity index (χ1) is 7.93. The number of hydrogen-bond acceptors (Lipinski definition) is 3. The van der Waals surface area contributed by atoms with E-state index in [2.05, 4.69) is 4.74 Å². The van der Waals surface area contributed by atoms with E-state index in [1.54, 1.807) is 13.0 Å². The van der Waals surface area contributed by atoms with E-state index in [-0.39, 0.29) is 16.9 Å². The summed E-state index contributed by atoms with van der Waals surface area (Å²) < 4.78 is 28.5. The molecule has 6 heteroatoms. The summed E-state index contributed by atoms with van der Waals surface area (Å²) >= 11 is 0. The van der Waals surface area contributed by atoms with Crippen LogP contribution in [0.15, 0.2) is 12.1 Å². The largest absolute Gasteiger partial charge is 0.481 e. The van der Waals surface area contributed by atoms with Crippen molar-refractivity contribution in [1.82, 2.24) is 0 Å². The Balaban J connectivity index is 3.29. The molecule has 0 saturated carbocycles. The summed E-state index contributed by atoms with van der Waals surface area (Å²) in [7, 11) is 0. The fourth-order valence-corrected chi connectivity index (χ4v) is 1.42. The van der Waals surface area contributed by atoms with Crippen molar-refractivity contribution in [3.05, 3.63) is 28.8 Å². The molecule has 0 bridgehead atoms. The smallest absolute Gasteiger partial charge is 0.387 e. The number of rotatable bonds is 4. The highest BCUT2D eigenvalue weighted by molar-refractivity contribution is 5.73. The number of aryl methyl sites for hydroxylation is 1. The molecule has 1 rings (SSSR count). The van der Waals surface area contributed by atoms with Gasteiger partial charge in [0.25, 0.3) is 0 Å². The van der Waals surface area contributed by atoms with Crippen molar-refractivity contribution >= 4 is 5.97 Å². The third-order valence-corrected chi connectivity index (χ3v) is 2.02. The molecule has 0 unspecified atom stereocenters. The van der Waals surface area contributed by atoms with Gasteiger partial charge in [-0.3, -0.25) is 4.79 Å².